The van der Waals surface area contributed by atoms with E-state index in [1.807, 2.05) is 0 Å². The monoisotopic (exact) mass is 281 g/mol. The molecule has 1 fully saturated rings. The number of methoxy groups -OCH3 is 1. The lowest BCUT2D eigenvalue weighted by Crippen LogP contribution is -2.17. The van der Waals surface area contributed by atoms with Crippen molar-refractivity contribution in [2.75, 3.05) is 20.3 Å². The van der Waals surface area contributed by atoms with Crippen LogP contribution in [-0.2, 0) is 9.47 Å². The van der Waals surface area contributed by atoms with Gasteiger partial charge in [0.2, 0.25) is 0 Å². The number of nitro groups is 1. The normalized spacial score (nSPS) is 17.8. The van der Waals surface area contributed by atoms with Crippen LogP contribution >= 0.6 is 0 Å². The van der Waals surface area contributed by atoms with Gasteiger partial charge in [0.25, 0.3) is 0 Å². The third-order valence-electron chi connectivity index (χ3n) is 3.03. The molecule has 1 aliphatic rings. The van der Waals surface area contributed by atoms with E-state index in [2.05, 4.69) is 4.74 Å². The first-order chi connectivity index (χ1) is 9.61. The number of hydrogen-bond acceptors (Lipinski definition) is 6. The van der Waals surface area contributed by atoms with Crippen molar-refractivity contribution in [3.8, 4) is 5.75 Å². The summed E-state index contributed by atoms with van der Waals surface area (Å²) in [5.74, 6) is -0.518. The first-order valence-electron chi connectivity index (χ1n) is 6.23. The highest BCUT2D eigenvalue weighted by Gasteiger charge is 2.21. The molecule has 2 rings (SSSR count). The predicted molar refractivity (Wildman–Crippen MR) is 68.9 cm³/mol. The molecule has 0 bridgehead atoms. The van der Waals surface area contributed by atoms with Gasteiger partial charge in [-0.1, -0.05) is 0 Å². The first-order valence-corrected chi connectivity index (χ1v) is 6.23. The van der Waals surface area contributed by atoms with Gasteiger partial charge in [-0.3, -0.25) is 10.1 Å². The van der Waals surface area contributed by atoms with Crippen molar-refractivity contribution in [3.05, 3.63) is 33.9 Å². The molecule has 1 heterocycles. The zero-order valence-electron chi connectivity index (χ0n) is 11.0. The Morgan fingerprint density at radius 1 is 1.55 bits per heavy atom. The maximum Gasteiger partial charge on any atom is 0.337 e. The van der Waals surface area contributed by atoms with E-state index >= 15 is 0 Å². The predicted octanol–water partition coefficient (Wildman–Crippen LogP) is 1.94. The topological polar surface area (TPSA) is 87.9 Å². The molecule has 108 valence electrons. The number of ether oxygens (including phenoxy) is 3. The Morgan fingerprint density at radius 3 is 2.95 bits per heavy atom. The lowest BCUT2D eigenvalue weighted by atomic mass is 10.2. The lowest BCUT2D eigenvalue weighted by Gasteiger charge is -2.12. The number of nitrogens with zero attached hydrogens (tertiary/aromatic N) is 1. The molecule has 1 atom stereocenters. The zero-order valence-corrected chi connectivity index (χ0v) is 11.0. The number of carbonyl (C=O) groups excluding carboxylic acids is 1. The Labute approximate surface area is 115 Å². The molecule has 1 unspecified atom stereocenters. The smallest absolute Gasteiger partial charge is 0.337 e. The van der Waals surface area contributed by atoms with Gasteiger partial charge < -0.3 is 14.2 Å². The molecule has 0 aromatic heterocycles. The fraction of sp³-hybridized carbons (Fsp3) is 0.462. The summed E-state index contributed by atoms with van der Waals surface area (Å²) in [6.07, 6.45) is 1.76. The summed E-state index contributed by atoms with van der Waals surface area (Å²) in [5.41, 5.74) is 0.0242. The summed E-state index contributed by atoms with van der Waals surface area (Å²) in [7, 11) is 1.25. The third kappa shape index (κ3) is 3.24. The number of carbonyl (C=O) groups is 1. The van der Waals surface area contributed by atoms with E-state index in [0.29, 0.717) is 6.61 Å². The Bertz CT molecular complexity index is 510. The standard InChI is InChI=1S/C13H15NO6/c1-18-13(15)9-4-5-11(14(16)17)12(7-9)20-8-10-3-2-6-19-10/h4-5,7,10H,2-3,6,8H2,1H3. The van der Waals surface area contributed by atoms with Crippen LogP contribution in [0.25, 0.3) is 0 Å². The van der Waals surface area contributed by atoms with Gasteiger partial charge in [-0.2, -0.15) is 0 Å². The minimum Gasteiger partial charge on any atom is -0.484 e. The average molecular weight is 281 g/mol. The van der Waals surface area contributed by atoms with Gasteiger partial charge in [-0.05, 0) is 18.9 Å². The van der Waals surface area contributed by atoms with Crippen molar-refractivity contribution < 1.29 is 23.9 Å². The zero-order chi connectivity index (χ0) is 14.5. The molecule has 20 heavy (non-hydrogen) atoms. The Kier molecular flexibility index (Phi) is 4.52. The van der Waals surface area contributed by atoms with E-state index in [9.17, 15) is 14.9 Å². The summed E-state index contributed by atoms with van der Waals surface area (Å²) >= 11 is 0. The van der Waals surface area contributed by atoms with Crippen LogP contribution in [0.3, 0.4) is 0 Å². The molecule has 0 saturated carbocycles. The number of esters is 1. The van der Waals surface area contributed by atoms with Crippen LogP contribution in [0.15, 0.2) is 18.2 Å². The van der Waals surface area contributed by atoms with Crippen molar-refractivity contribution in [1.82, 2.24) is 0 Å². The van der Waals surface area contributed by atoms with Crippen LogP contribution in [0.4, 0.5) is 5.69 Å². The molecule has 1 aromatic rings. The second-order valence-corrected chi connectivity index (χ2v) is 4.38. The van der Waals surface area contributed by atoms with E-state index in [-0.39, 0.29) is 29.7 Å². The number of nitro benzene ring substituents is 1. The molecule has 0 spiro atoms. The molecule has 0 amide bonds. The molecular weight excluding hydrogens is 266 g/mol. The van der Waals surface area contributed by atoms with Crippen LogP contribution in [0.1, 0.15) is 23.2 Å². The maximum absolute atomic E-state index is 11.4. The fourth-order valence-electron chi connectivity index (χ4n) is 1.98. The molecule has 1 aliphatic heterocycles. The molecule has 7 heteroatoms. The fourth-order valence-corrected chi connectivity index (χ4v) is 1.98. The van der Waals surface area contributed by atoms with E-state index in [4.69, 9.17) is 9.47 Å². The van der Waals surface area contributed by atoms with Crippen LogP contribution in [0.2, 0.25) is 0 Å². The van der Waals surface area contributed by atoms with E-state index < -0.39 is 10.9 Å². The van der Waals surface area contributed by atoms with E-state index in [1.165, 1.54) is 25.3 Å². The highest BCUT2D eigenvalue weighted by molar-refractivity contribution is 5.90. The van der Waals surface area contributed by atoms with Gasteiger partial charge >= 0.3 is 11.7 Å². The van der Waals surface area contributed by atoms with Gasteiger partial charge in [0, 0.05) is 18.7 Å². The SMILES string of the molecule is COC(=O)c1ccc([N+](=O)[O-])c(OCC2CCCO2)c1. The van der Waals surface area contributed by atoms with Gasteiger partial charge in [0.05, 0.1) is 23.7 Å². The molecular formula is C13H15NO6. The third-order valence-corrected chi connectivity index (χ3v) is 3.03. The number of rotatable bonds is 5. The summed E-state index contributed by atoms with van der Waals surface area (Å²) in [6.45, 7) is 0.907. The van der Waals surface area contributed by atoms with Crippen molar-refractivity contribution in [2.24, 2.45) is 0 Å². The largest absolute Gasteiger partial charge is 0.484 e. The summed E-state index contributed by atoms with van der Waals surface area (Å²) in [5, 5.41) is 10.9. The van der Waals surface area contributed by atoms with Crippen molar-refractivity contribution in [1.29, 1.82) is 0 Å². The maximum atomic E-state index is 11.4. The van der Waals surface area contributed by atoms with Crippen molar-refractivity contribution >= 4 is 11.7 Å². The van der Waals surface area contributed by atoms with Crippen LogP contribution < -0.4 is 4.74 Å². The lowest BCUT2D eigenvalue weighted by molar-refractivity contribution is -0.385. The van der Waals surface area contributed by atoms with Gasteiger partial charge in [0.15, 0.2) is 5.75 Å². The molecule has 1 aromatic carbocycles. The molecule has 1 saturated heterocycles. The molecule has 0 radical (unpaired) electrons. The van der Waals surface area contributed by atoms with Crippen molar-refractivity contribution in [3.63, 3.8) is 0 Å². The number of benzene rings is 1. The Balaban J connectivity index is 2.17. The van der Waals surface area contributed by atoms with Gasteiger partial charge in [-0.25, -0.2) is 4.79 Å². The van der Waals surface area contributed by atoms with Crippen LogP contribution in [0, 0.1) is 10.1 Å². The highest BCUT2D eigenvalue weighted by Crippen LogP contribution is 2.29. The van der Waals surface area contributed by atoms with E-state index in [1.54, 1.807) is 0 Å². The second kappa shape index (κ2) is 6.33. The van der Waals surface area contributed by atoms with Crippen molar-refractivity contribution in [2.45, 2.75) is 18.9 Å². The quantitative estimate of drug-likeness (QED) is 0.465. The summed E-state index contributed by atoms with van der Waals surface area (Å²) in [6, 6.07) is 3.89. The minimum absolute atomic E-state index is 0.0494. The molecule has 0 N–H and O–H groups in total. The number of hydrogen-bond donors (Lipinski definition) is 0. The van der Waals surface area contributed by atoms with Gasteiger partial charge in [-0.15, -0.1) is 0 Å². The Hall–Kier alpha value is -2.15. The van der Waals surface area contributed by atoms with Crippen LogP contribution in [-0.4, -0.2) is 37.3 Å². The molecule has 7 nitrogen and oxygen atoms in total. The summed E-state index contributed by atoms with van der Waals surface area (Å²) < 4.78 is 15.4. The van der Waals surface area contributed by atoms with E-state index in [0.717, 1.165) is 12.8 Å². The minimum atomic E-state index is -0.568. The average Bonchev–Trinajstić information content (AvgIpc) is 2.97. The Morgan fingerprint density at radius 2 is 2.35 bits per heavy atom. The second-order valence-electron chi connectivity index (χ2n) is 4.38. The first kappa shape index (κ1) is 14.3. The molecule has 0 aliphatic carbocycles. The highest BCUT2D eigenvalue weighted by atomic mass is 16.6. The van der Waals surface area contributed by atoms with Crippen LogP contribution in [0.5, 0.6) is 5.75 Å². The van der Waals surface area contributed by atoms with Gasteiger partial charge in [0.1, 0.15) is 6.61 Å². The summed E-state index contributed by atoms with van der Waals surface area (Å²) in [4.78, 5) is 21.8.